The van der Waals surface area contributed by atoms with Crippen molar-refractivity contribution in [2.45, 2.75) is 4.90 Å². The predicted octanol–water partition coefficient (Wildman–Crippen LogP) is 0.899. The van der Waals surface area contributed by atoms with E-state index in [2.05, 4.69) is 9.71 Å². The van der Waals surface area contributed by atoms with Gasteiger partial charge in [-0.15, -0.1) is 0 Å². The van der Waals surface area contributed by atoms with E-state index in [1.807, 2.05) is 0 Å². The van der Waals surface area contributed by atoms with Gasteiger partial charge in [0.15, 0.2) is 0 Å². The van der Waals surface area contributed by atoms with Crippen LogP contribution < -0.4 is 9.83 Å². The molecule has 2 aromatic rings. The minimum atomic E-state index is -3.83. The average molecular weight is 312 g/mol. The Bertz CT molecular complexity index is 744. The number of sulfonamides is 1. The van der Waals surface area contributed by atoms with Gasteiger partial charge in [0.2, 0.25) is 0 Å². The lowest BCUT2D eigenvalue weighted by Gasteiger charge is -2.09. The van der Waals surface area contributed by atoms with Crippen LogP contribution >= 0.6 is 11.6 Å². The third-order valence-electron chi connectivity index (χ3n) is 2.35. The fourth-order valence-corrected chi connectivity index (χ4v) is 2.60. The molecule has 2 rings (SSSR count). The summed E-state index contributed by atoms with van der Waals surface area (Å²) in [4.78, 5) is 14.3. The zero-order chi connectivity index (χ0) is 14.8. The molecule has 1 aromatic heterocycles. The SMILES string of the molecule is O=C([O-])c1cncc(NS(=O)(=O)c2ccc(Cl)cc2)c1. The first kappa shape index (κ1) is 14.3. The van der Waals surface area contributed by atoms with E-state index in [1.54, 1.807) is 0 Å². The van der Waals surface area contributed by atoms with Crippen LogP contribution in [0.15, 0.2) is 47.6 Å². The van der Waals surface area contributed by atoms with Gasteiger partial charge in [-0.1, -0.05) is 11.6 Å². The van der Waals surface area contributed by atoms with Crippen LogP contribution in [0.5, 0.6) is 0 Å². The molecule has 8 heteroatoms. The van der Waals surface area contributed by atoms with Crippen molar-refractivity contribution < 1.29 is 18.3 Å². The van der Waals surface area contributed by atoms with Crippen LogP contribution in [0.1, 0.15) is 10.4 Å². The van der Waals surface area contributed by atoms with Gasteiger partial charge >= 0.3 is 0 Å². The number of pyridine rings is 1. The number of rotatable bonds is 4. The third-order valence-corrected chi connectivity index (χ3v) is 4.00. The third kappa shape index (κ3) is 3.25. The maximum atomic E-state index is 12.0. The zero-order valence-corrected chi connectivity index (χ0v) is 11.5. The smallest absolute Gasteiger partial charge is 0.261 e. The Balaban J connectivity index is 2.31. The van der Waals surface area contributed by atoms with Gasteiger partial charge in [0, 0.05) is 16.8 Å². The highest BCUT2D eigenvalue weighted by Crippen LogP contribution is 2.18. The summed E-state index contributed by atoms with van der Waals surface area (Å²) in [7, 11) is -3.83. The molecule has 0 spiro atoms. The first-order chi connectivity index (χ1) is 9.38. The summed E-state index contributed by atoms with van der Waals surface area (Å²) in [5.74, 6) is -1.44. The Morgan fingerprint density at radius 3 is 2.45 bits per heavy atom. The molecule has 0 aliphatic rings. The summed E-state index contributed by atoms with van der Waals surface area (Å²) in [6, 6.07) is 6.66. The maximum Gasteiger partial charge on any atom is 0.261 e. The van der Waals surface area contributed by atoms with Crippen LogP contribution in [0.4, 0.5) is 5.69 Å². The van der Waals surface area contributed by atoms with Crippen molar-refractivity contribution >= 4 is 33.3 Å². The lowest BCUT2D eigenvalue weighted by molar-refractivity contribution is -0.255. The molecule has 20 heavy (non-hydrogen) atoms. The summed E-state index contributed by atoms with van der Waals surface area (Å²) < 4.78 is 26.3. The number of hydrogen-bond acceptors (Lipinski definition) is 5. The zero-order valence-electron chi connectivity index (χ0n) is 9.91. The van der Waals surface area contributed by atoms with Crippen LogP contribution in [0.3, 0.4) is 0 Å². The minimum absolute atomic E-state index is 0.000697. The van der Waals surface area contributed by atoms with Crippen LogP contribution in [0, 0.1) is 0 Å². The lowest BCUT2D eigenvalue weighted by atomic mass is 10.3. The Morgan fingerprint density at radius 1 is 1.20 bits per heavy atom. The Kier molecular flexibility index (Phi) is 3.91. The summed E-state index contributed by atoms with van der Waals surface area (Å²) in [5, 5.41) is 11.1. The number of carboxylic acid groups (broad SMARTS) is 1. The van der Waals surface area contributed by atoms with Crippen molar-refractivity contribution in [2.75, 3.05) is 4.72 Å². The van der Waals surface area contributed by atoms with E-state index in [0.717, 1.165) is 12.3 Å². The van der Waals surface area contributed by atoms with E-state index < -0.39 is 16.0 Å². The summed E-state index contributed by atoms with van der Waals surface area (Å²) in [6.45, 7) is 0. The van der Waals surface area contributed by atoms with Crippen molar-refractivity contribution in [2.24, 2.45) is 0 Å². The van der Waals surface area contributed by atoms with Crippen molar-refractivity contribution in [3.63, 3.8) is 0 Å². The Morgan fingerprint density at radius 2 is 1.85 bits per heavy atom. The second kappa shape index (κ2) is 5.48. The number of anilines is 1. The number of nitrogens with one attached hydrogen (secondary N) is 1. The molecule has 0 atom stereocenters. The van der Waals surface area contributed by atoms with E-state index in [4.69, 9.17) is 11.6 Å². The van der Waals surface area contributed by atoms with Crippen LogP contribution in [-0.2, 0) is 10.0 Å². The van der Waals surface area contributed by atoms with Crippen molar-refractivity contribution in [3.8, 4) is 0 Å². The fraction of sp³-hybridized carbons (Fsp3) is 0. The van der Waals surface area contributed by atoms with Crippen LogP contribution in [-0.4, -0.2) is 19.4 Å². The van der Waals surface area contributed by atoms with Gasteiger partial charge in [-0.25, -0.2) is 8.42 Å². The quantitative estimate of drug-likeness (QED) is 0.904. The highest BCUT2D eigenvalue weighted by Gasteiger charge is 2.14. The molecule has 104 valence electrons. The van der Waals surface area contributed by atoms with Crippen molar-refractivity contribution in [1.82, 2.24) is 4.98 Å². The van der Waals surface area contributed by atoms with Crippen molar-refractivity contribution in [1.29, 1.82) is 0 Å². The molecule has 6 nitrogen and oxygen atoms in total. The van der Waals surface area contributed by atoms with Crippen LogP contribution in [0.25, 0.3) is 0 Å². The summed E-state index contributed by atoms with van der Waals surface area (Å²) in [5.41, 5.74) is -0.192. The molecule has 0 fully saturated rings. The van der Waals surface area contributed by atoms with Crippen molar-refractivity contribution in [3.05, 3.63) is 53.3 Å². The molecule has 0 saturated heterocycles. The topological polar surface area (TPSA) is 99.2 Å². The number of carboxylic acids is 1. The highest BCUT2D eigenvalue weighted by molar-refractivity contribution is 7.92. The molecule has 0 unspecified atom stereocenters. The number of carbonyl (C=O) groups is 1. The fourth-order valence-electron chi connectivity index (χ4n) is 1.44. The van der Waals surface area contributed by atoms with E-state index in [0.29, 0.717) is 5.02 Å². The molecule has 0 aliphatic carbocycles. The molecule has 1 aromatic carbocycles. The molecule has 0 bridgehead atoms. The normalized spacial score (nSPS) is 11.1. The number of carbonyl (C=O) groups excluding carboxylic acids is 1. The number of hydrogen-bond donors (Lipinski definition) is 1. The van der Waals surface area contributed by atoms with Gasteiger partial charge in [-0.3, -0.25) is 9.71 Å². The van der Waals surface area contributed by atoms with E-state index in [9.17, 15) is 18.3 Å². The number of nitrogens with zero attached hydrogens (tertiary/aromatic N) is 1. The number of halogens is 1. The molecular formula is C12H8ClN2O4S-. The lowest BCUT2D eigenvalue weighted by Crippen LogP contribution is -2.22. The monoisotopic (exact) mass is 311 g/mol. The van der Waals surface area contributed by atoms with Gasteiger partial charge in [-0.2, -0.15) is 0 Å². The second-order valence-corrected chi connectivity index (χ2v) is 5.93. The summed E-state index contributed by atoms with van der Waals surface area (Å²) in [6.07, 6.45) is 2.26. The standard InChI is InChI=1S/C12H9ClN2O4S/c13-9-1-3-11(4-2-9)20(18,19)15-10-5-8(12(16)17)6-14-7-10/h1-7,15H,(H,16,17)/p-1. The van der Waals surface area contributed by atoms with E-state index in [-0.39, 0.29) is 16.1 Å². The number of aromatic nitrogens is 1. The largest absolute Gasteiger partial charge is 0.545 e. The molecule has 0 aliphatic heterocycles. The first-order valence-corrected chi connectivity index (χ1v) is 7.19. The Hall–Kier alpha value is -2.12. The molecule has 0 radical (unpaired) electrons. The number of benzene rings is 1. The van der Waals surface area contributed by atoms with E-state index in [1.165, 1.54) is 30.5 Å². The first-order valence-electron chi connectivity index (χ1n) is 5.33. The van der Waals surface area contributed by atoms with Crippen LogP contribution in [0.2, 0.25) is 5.02 Å². The van der Waals surface area contributed by atoms with E-state index >= 15 is 0 Å². The minimum Gasteiger partial charge on any atom is -0.545 e. The second-order valence-electron chi connectivity index (χ2n) is 3.81. The predicted molar refractivity (Wildman–Crippen MR) is 70.8 cm³/mol. The summed E-state index contributed by atoms with van der Waals surface area (Å²) >= 11 is 5.68. The molecule has 1 heterocycles. The van der Waals surface area contributed by atoms with Gasteiger partial charge in [0.1, 0.15) is 0 Å². The molecule has 0 amide bonds. The van der Waals surface area contributed by atoms with Gasteiger partial charge in [0.05, 0.1) is 22.7 Å². The number of aromatic carboxylic acids is 1. The Labute approximate surface area is 120 Å². The average Bonchev–Trinajstić information content (AvgIpc) is 2.39. The van der Waals surface area contributed by atoms with Gasteiger partial charge in [0.25, 0.3) is 10.0 Å². The molecule has 0 saturated carbocycles. The highest BCUT2D eigenvalue weighted by atomic mass is 35.5. The molecular weight excluding hydrogens is 304 g/mol. The van der Waals surface area contributed by atoms with Gasteiger partial charge < -0.3 is 9.90 Å². The van der Waals surface area contributed by atoms with Gasteiger partial charge in [-0.05, 0) is 30.3 Å². The maximum absolute atomic E-state index is 12.0. The molecule has 1 N–H and O–H groups in total.